The largest absolute Gasteiger partial charge is 0.381 e. The number of carbonyl (C=O) groups excluding carboxylic acids is 1. The number of ether oxygens (including phenoxy) is 1. The lowest BCUT2D eigenvalue weighted by Crippen LogP contribution is -2.46. The topological polar surface area (TPSA) is 82.2 Å². The normalized spacial score (nSPS) is 15.8. The minimum atomic E-state index is -0.511. The quantitative estimate of drug-likeness (QED) is 0.678. The van der Waals surface area contributed by atoms with Crippen LogP contribution >= 0.6 is 0 Å². The highest BCUT2D eigenvalue weighted by atomic mass is 16.5. The van der Waals surface area contributed by atoms with E-state index in [0.717, 1.165) is 35.3 Å². The maximum absolute atomic E-state index is 12.6. The Bertz CT molecular complexity index is 934. The molecule has 2 heterocycles. The third-order valence-electron chi connectivity index (χ3n) is 5.39. The van der Waals surface area contributed by atoms with Crippen molar-refractivity contribution in [1.82, 2.24) is 15.1 Å². The molecule has 1 aliphatic heterocycles. The second kappa shape index (κ2) is 9.03. The van der Waals surface area contributed by atoms with E-state index in [2.05, 4.69) is 5.32 Å². The van der Waals surface area contributed by atoms with Crippen molar-refractivity contribution < 1.29 is 9.53 Å². The van der Waals surface area contributed by atoms with E-state index in [1.54, 1.807) is 0 Å². The van der Waals surface area contributed by atoms with Gasteiger partial charge in [-0.15, -0.1) is 0 Å². The lowest BCUT2D eigenvalue weighted by molar-refractivity contribution is -0.124. The van der Waals surface area contributed by atoms with E-state index in [1.807, 2.05) is 71.5 Å². The highest BCUT2D eigenvalue weighted by Gasteiger charge is 2.26. The van der Waals surface area contributed by atoms with Crippen LogP contribution in [0.2, 0.25) is 0 Å². The number of para-hydroxylation sites is 1. The molecule has 150 valence electrons. The molecule has 1 unspecified atom stereocenters. The van der Waals surface area contributed by atoms with Gasteiger partial charge in [0.05, 0.1) is 17.4 Å². The van der Waals surface area contributed by atoms with E-state index in [9.17, 15) is 4.79 Å². The van der Waals surface area contributed by atoms with Gasteiger partial charge in [0, 0.05) is 37.1 Å². The zero-order valence-electron chi connectivity index (χ0n) is 16.3. The zero-order chi connectivity index (χ0) is 20.1. The monoisotopic (exact) mass is 390 g/mol. The lowest BCUT2D eigenvalue weighted by Gasteiger charge is -2.26. The SMILES string of the molecule is NC(C(=O)NCc1cn(-c2ccccc2)nc1-c1ccccc1)C1CCOCC1. The van der Waals surface area contributed by atoms with Gasteiger partial charge in [-0.3, -0.25) is 4.79 Å². The Labute approximate surface area is 170 Å². The number of hydrogen-bond acceptors (Lipinski definition) is 4. The van der Waals surface area contributed by atoms with Gasteiger partial charge in [0.15, 0.2) is 0 Å². The molecule has 6 nitrogen and oxygen atoms in total. The number of nitrogens with one attached hydrogen (secondary N) is 1. The fourth-order valence-corrected chi connectivity index (χ4v) is 3.68. The number of hydrogen-bond donors (Lipinski definition) is 2. The van der Waals surface area contributed by atoms with Crippen molar-refractivity contribution in [3.8, 4) is 16.9 Å². The molecule has 3 N–H and O–H groups in total. The van der Waals surface area contributed by atoms with Crippen molar-refractivity contribution in [2.24, 2.45) is 11.7 Å². The predicted molar refractivity (Wildman–Crippen MR) is 112 cm³/mol. The summed E-state index contributed by atoms with van der Waals surface area (Å²) in [6, 6.07) is 19.4. The van der Waals surface area contributed by atoms with Crippen molar-refractivity contribution in [2.45, 2.75) is 25.4 Å². The molecule has 0 radical (unpaired) electrons. The first-order chi connectivity index (χ1) is 14.2. The van der Waals surface area contributed by atoms with Gasteiger partial charge < -0.3 is 15.8 Å². The Balaban J connectivity index is 1.54. The predicted octanol–water partition coefficient (Wildman–Crippen LogP) is 2.91. The summed E-state index contributed by atoms with van der Waals surface area (Å²) in [4.78, 5) is 12.6. The first-order valence-corrected chi connectivity index (χ1v) is 10.0. The minimum Gasteiger partial charge on any atom is -0.381 e. The summed E-state index contributed by atoms with van der Waals surface area (Å²) in [5, 5.41) is 7.79. The van der Waals surface area contributed by atoms with E-state index >= 15 is 0 Å². The first-order valence-electron chi connectivity index (χ1n) is 10.0. The van der Waals surface area contributed by atoms with Crippen molar-refractivity contribution in [3.05, 3.63) is 72.4 Å². The molecule has 4 rings (SSSR count). The molecule has 1 fully saturated rings. The molecule has 0 saturated carbocycles. The Morgan fingerprint density at radius 1 is 1.10 bits per heavy atom. The van der Waals surface area contributed by atoms with Gasteiger partial charge in [0.1, 0.15) is 0 Å². The molecule has 0 aliphatic carbocycles. The second-order valence-corrected chi connectivity index (χ2v) is 7.34. The van der Waals surface area contributed by atoms with E-state index in [-0.39, 0.29) is 11.8 Å². The Morgan fingerprint density at radius 3 is 2.45 bits per heavy atom. The maximum atomic E-state index is 12.6. The summed E-state index contributed by atoms with van der Waals surface area (Å²) < 4.78 is 7.22. The molecule has 6 heteroatoms. The minimum absolute atomic E-state index is 0.122. The average Bonchev–Trinajstić information content (AvgIpc) is 3.23. The van der Waals surface area contributed by atoms with E-state index in [0.29, 0.717) is 19.8 Å². The number of rotatable bonds is 6. The Hall–Kier alpha value is -2.96. The molecular formula is C23H26N4O2. The van der Waals surface area contributed by atoms with Gasteiger partial charge in [0.25, 0.3) is 0 Å². The van der Waals surface area contributed by atoms with E-state index in [4.69, 9.17) is 15.6 Å². The Kier molecular flexibility index (Phi) is 6.03. The number of amides is 1. The summed E-state index contributed by atoms with van der Waals surface area (Å²) in [5.74, 6) is 0.0489. The lowest BCUT2D eigenvalue weighted by atomic mass is 9.92. The molecule has 1 saturated heterocycles. The van der Waals surface area contributed by atoms with Gasteiger partial charge in [0.2, 0.25) is 5.91 Å². The second-order valence-electron chi connectivity index (χ2n) is 7.34. The van der Waals surface area contributed by atoms with Crippen molar-refractivity contribution in [1.29, 1.82) is 0 Å². The van der Waals surface area contributed by atoms with Crippen molar-refractivity contribution >= 4 is 5.91 Å². The fraction of sp³-hybridized carbons (Fsp3) is 0.304. The van der Waals surface area contributed by atoms with Crippen LogP contribution in [0.3, 0.4) is 0 Å². The fourth-order valence-electron chi connectivity index (χ4n) is 3.68. The smallest absolute Gasteiger partial charge is 0.237 e. The third kappa shape index (κ3) is 4.55. The van der Waals surface area contributed by atoms with Gasteiger partial charge in [-0.25, -0.2) is 4.68 Å². The molecule has 1 amide bonds. The number of aromatic nitrogens is 2. The van der Waals surface area contributed by atoms with Crippen LogP contribution < -0.4 is 11.1 Å². The number of carbonyl (C=O) groups is 1. The van der Waals surface area contributed by atoms with Crippen molar-refractivity contribution in [2.75, 3.05) is 13.2 Å². The van der Waals surface area contributed by atoms with Crippen LogP contribution in [0.5, 0.6) is 0 Å². The summed E-state index contributed by atoms with van der Waals surface area (Å²) in [6.07, 6.45) is 3.63. The van der Waals surface area contributed by atoms with E-state index < -0.39 is 6.04 Å². The maximum Gasteiger partial charge on any atom is 0.237 e. The summed E-state index contributed by atoms with van der Waals surface area (Å²) in [6.45, 7) is 1.73. The van der Waals surface area contributed by atoms with Crippen LogP contribution in [0.4, 0.5) is 0 Å². The number of benzene rings is 2. The molecule has 1 aromatic heterocycles. The molecule has 3 aromatic rings. The highest BCUT2D eigenvalue weighted by molar-refractivity contribution is 5.82. The van der Waals surface area contributed by atoms with Gasteiger partial charge in [-0.05, 0) is 30.9 Å². The Morgan fingerprint density at radius 2 is 1.76 bits per heavy atom. The molecular weight excluding hydrogens is 364 g/mol. The third-order valence-corrected chi connectivity index (χ3v) is 5.39. The highest BCUT2D eigenvalue weighted by Crippen LogP contribution is 2.24. The summed E-state index contributed by atoms with van der Waals surface area (Å²) in [5.41, 5.74) is 10.0. The zero-order valence-corrected chi connectivity index (χ0v) is 16.3. The van der Waals surface area contributed by atoms with E-state index in [1.165, 1.54) is 0 Å². The van der Waals surface area contributed by atoms with Crippen LogP contribution in [0.1, 0.15) is 18.4 Å². The first kappa shape index (κ1) is 19.4. The molecule has 29 heavy (non-hydrogen) atoms. The van der Waals surface area contributed by atoms with Gasteiger partial charge >= 0.3 is 0 Å². The molecule has 0 bridgehead atoms. The van der Waals surface area contributed by atoms with Gasteiger partial charge in [-0.1, -0.05) is 48.5 Å². The van der Waals surface area contributed by atoms with Crippen LogP contribution in [0.25, 0.3) is 16.9 Å². The average molecular weight is 390 g/mol. The van der Waals surface area contributed by atoms with Crippen LogP contribution in [0, 0.1) is 5.92 Å². The molecule has 1 aliphatic rings. The molecule has 0 spiro atoms. The number of nitrogens with zero attached hydrogens (tertiary/aromatic N) is 2. The van der Waals surface area contributed by atoms with Crippen LogP contribution in [0.15, 0.2) is 66.9 Å². The number of nitrogens with two attached hydrogens (primary N) is 1. The van der Waals surface area contributed by atoms with Crippen LogP contribution in [-0.4, -0.2) is 34.9 Å². The molecule has 2 aromatic carbocycles. The summed E-state index contributed by atoms with van der Waals surface area (Å²) in [7, 11) is 0. The van der Waals surface area contributed by atoms with Gasteiger partial charge in [-0.2, -0.15) is 5.10 Å². The van der Waals surface area contributed by atoms with Crippen molar-refractivity contribution in [3.63, 3.8) is 0 Å². The standard InChI is InChI=1S/C23H26N4O2/c24-21(17-11-13-29-14-12-17)23(28)25-15-19-16-27(20-9-5-2-6-10-20)26-22(19)18-7-3-1-4-8-18/h1-10,16-17,21H,11-15,24H2,(H,25,28). The summed E-state index contributed by atoms with van der Waals surface area (Å²) >= 11 is 0. The molecule has 1 atom stereocenters. The van der Waals surface area contributed by atoms with Crippen LogP contribution in [-0.2, 0) is 16.1 Å².